The van der Waals surface area contributed by atoms with Crippen LogP contribution in [0.4, 0.5) is 18.9 Å². The second-order valence-corrected chi connectivity index (χ2v) is 9.77. The Kier molecular flexibility index (Phi) is 6.94. The van der Waals surface area contributed by atoms with Crippen LogP contribution in [0.25, 0.3) is 11.3 Å². The fourth-order valence-electron chi connectivity index (χ4n) is 4.24. The van der Waals surface area contributed by atoms with Crippen LogP contribution in [0.5, 0.6) is 0 Å². The van der Waals surface area contributed by atoms with Crippen molar-refractivity contribution >= 4 is 40.8 Å². The summed E-state index contributed by atoms with van der Waals surface area (Å²) >= 11 is 6.21. The SMILES string of the molecule is O=C(O)c1cccc(N2N=C(C(F)(F)F)C(Cc3ccc(-c4ccc(Cl)c(C(=O)NCC5CC5)c4)o3)C2=O)c1. The molecular formula is C27H21ClF3N3O5. The van der Waals surface area contributed by atoms with Gasteiger partial charge in [0.1, 0.15) is 11.5 Å². The van der Waals surface area contributed by atoms with Crippen molar-refractivity contribution in [3.8, 4) is 11.3 Å². The topological polar surface area (TPSA) is 112 Å². The van der Waals surface area contributed by atoms with E-state index in [1.165, 1.54) is 42.5 Å². The average Bonchev–Trinajstić information content (AvgIpc) is 3.51. The van der Waals surface area contributed by atoms with Crippen LogP contribution in [-0.2, 0) is 11.2 Å². The van der Waals surface area contributed by atoms with Gasteiger partial charge in [0, 0.05) is 18.5 Å². The van der Waals surface area contributed by atoms with Gasteiger partial charge in [-0.05, 0) is 67.3 Å². The number of alkyl halides is 3. The normalized spacial score (nSPS) is 17.3. The van der Waals surface area contributed by atoms with Crippen molar-refractivity contribution in [2.75, 3.05) is 11.6 Å². The number of carbonyl (C=O) groups is 3. The molecule has 3 aromatic rings. The van der Waals surface area contributed by atoms with E-state index in [1.807, 2.05) is 0 Å². The van der Waals surface area contributed by atoms with E-state index in [2.05, 4.69) is 10.4 Å². The first-order chi connectivity index (χ1) is 18.5. The first-order valence-corrected chi connectivity index (χ1v) is 12.4. The van der Waals surface area contributed by atoms with Gasteiger partial charge in [0.15, 0.2) is 5.71 Å². The number of furan rings is 1. The van der Waals surface area contributed by atoms with Crippen LogP contribution in [-0.4, -0.2) is 41.3 Å². The van der Waals surface area contributed by atoms with E-state index in [0.29, 0.717) is 23.0 Å². The molecule has 2 N–H and O–H groups in total. The van der Waals surface area contributed by atoms with E-state index in [9.17, 15) is 32.7 Å². The molecule has 1 aliphatic carbocycles. The van der Waals surface area contributed by atoms with Crippen LogP contribution in [0.1, 0.15) is 39.3 Å². The highest BCUT2D eigenvalue weighted by molar-refractivity contribution is 6.34. The van der Waals surface area contributed by atoms with Gasteiger partial charge in [-0.3, -0.25) is 9.59 Å². The summed E-state index contributed by atoms with van der Waals surface area (Å²) in [6.07, 6.45) is -3.21. The number of benzene rings is 2. The molecule has 2 aliphatic rings. The fourth-order valence-corrected chi connectivity index (χ4v) is 4.44. The first kappa shape index (κ1) is 26.5. The Labute approximate surface area is 225 Å². The van der Waals surface area contributed by atoms with E-state index in [1.54, 1.807) is 6.07 Å². The molecule has 2 aromatic carbocycles. The molecular weight excluding hydrogens is 539 g/mol. The van der Waals surface area contributed by atoms with Crippen molar-refractivity contribution in [2.24, 2.45) is 16.9 Å². The number of halogens is 4. The number of carboxylic acids is 1. The summed E-state index contributed by atoms with van der Waals surface area (Å²) in [5, 5.41) is 16.4. The number of nitrogens with zero attached hydrogens (tertiary/aromatic N) is 2. The highest BCUT2D eigenvalue weighted by atomic mass is 35.5. The van der Waals surface area contributed by atoms with E-state index in [0.717, 1.165) is 18.9 Å². The van der Waals surface area contributed by atoms with E-state index < -0.39 is 36.1 Å². The number of hydrazone groups is 1. The molecule has 2 amide bonds. The van der Waals surface area contributed by atoms with E-state index >= 15 is 0 Å². The monoisotopic (exact) mass is 559 g/mol. The molecule has 1 aromatic heterocycles. The predicted octanol–water partition coefficient (Wildman–Crippen LogP) is 5.56. The Bertz CT molecular complexity index is 1500. The van der Waals surface area contributed by atoms with Crippen molar-refractivity contribution in [2.45, 2.75) is 25.4 Å². The Hall–Kier alpha value is -4.12. The van der Waals surface area contributed by atoms with Gasteiger partial charge in [-0.1, -0.05) is 17.7 Å². The van der Waals surface area contributed by atoms with Crippen LogP contribution in [0, 0.1) is 11.8 Å². The number of amides is 2. The van der Waals surface area contributed by atoms with Gasteiger partial charge in [0.2, 0.25) is 0 Å². The largest absolute Gasteiger partial charge is 0.478 e. The number of carboxylic acid groups (broad SMARTS) is 1. The lowest BCUT2D eigenvalue weighted by atomic mass is 9.97. The molecule has 0 bridgehead atoms. The lowest BCUT2D eigenvalue weighted by molar-refractivity contribution is -0.120. The van der Waals surface area contributed by atoms with E-state index in [4.69, 9.17) is 16.0 Å². The number of hydrogen-bond donors (Lipinski definition) is 2. The van der Waals surface area contributed by atoms with Crippen molar-refractivity contribution in [3.63, 3.8) is 0 Å². The second kappa shape index (κ2) is 10.2. The maximum Gasteiger partial charge on any atom is 0.432 e. The number of hydrogen-bond acceptors (Lipinski definition) is 5. The Morgan fingerprint density at radius 2 is 1.90 bits per heavy atom. The molecule has 1 unspecified atom stereocenters. The average molecular weight is 560 g/mol. The minimum absolute atomic E-state index is 0.0936. The zero-order valence-electron chi connectivity index (χ0n) is 20.2. The summed E-state index contributed by atoms with van der Waals surface area (Å²) in [6, 6.07) is 12.6. The predicted molar refractivity (Wildman–Crippen MR) is 136 cm³/mol. The molecule has 2 heterocycles. The second-order valence-electron chi connectivity index (χ2n) is 9.36. The summed E-state index contributed by atoms with van der Waals surface area (Å²) in [5.74, 6) is -3.46. The zero-order chi connectivity index (χ0) is 27.9. The minimum atomic E-state index is -4.91. The lowest BCUT2D eigenvalue weighted by Crippen LogP contribution is -2.34. The van der Waals surface area contributed by atoms with Gasteiger partial charge in [-0.2, -0.15) is 23.3 Å². The third-order valence-electron chi connectivity index (χ3n) is 6.48. The molecule has 12 heteroatoms. The van der Waals surface area contributed by atoms with Gasteiger partial charge in [-0.25, -0.2) is 4.79 Å². The molecule has 1 atom stereocenters. The summed E-state index contributed by atoms with van der Waals surface area (Å²) in [5.41, 5.74) is -0.891. The highest BCUT2D eigenvalue weighted by Crippen LogP contribution is 2.35. The molecule has 202 valence electrons. The number of rotatable bonds is 8. The van der Waals surface area contributed by atoms with Crippen LogP contribution >= 0.6 is 11.6 Å². The van der Waals surface area contributed by atoms with Crippen LogP contribution in [0.2, 0.25) is 5.02 Å². The molecule has 39 heavy (non-hydrogen) atoms. The molecule has 1 aliphatic heterocycles. The summed E-state index contributed by atoms with van der Waals surface area (Å²) < 4.78 is 47.3. The van der Waals surface area contributed by atoms with Gasteiger partial charge >= 0.3 is 12.1 Å². The minimum Gasteiger partial charge on any atom is -0.478 e. The maximum absolute atomic E-state index is 13.8. The summed E-state index contributed by atoms with van der Waals surface area (Å²) in [6.45, 7) is 0.556. The Morgan fingerprint density at radius 3 is 2.59 bits per heavy atom. The highest BCUT2D eigenvalue weighted by Gasteiger charge is 2.50. The van der Waals surface area contributed by atoms with Crippen molar-refractivity contribution in [3.05, 3.63) is 76.5 Å². The molecule has 1 fully saturated rings. The number of nitrogens with one attached hydrogen (secondary N) is 1. The van der Waals surface area contributed by atoms with E-state index in [-0.39, 0.29) is 39.3 Å². The quantitative estimate of drug-likeness (QED) is 0.375. The summed E-state index contributed by atoms with van der Waals surface area (Å²) in [4.78, 5) is 36.9. The van der Waals surface area contributed by atoms with Crippen molar-refractivity contribution < 1.29 is 37.1 Å². The first-order valence-electron chi connectivity index (χ1n) is 12.0. The van der Waals surface area contributed by atoms with Crippen LogP contribution in [0.15, 0.2) is 64.1 Å². The number of carbonyl (C=O) groups excluding carboxylic acids is 2. The molecule has 8 nitrogen and oxygen atoms in total. The van der Waals surface area contributed by atoms with Gasteiger partial charge in [0.05, 0.1) is 27.8 Å². The molecule has 0 spiro atoms. The Morgan fingerprint density at radius 1 is 1.13 bits per heavy atom. The molecule has 0 saturated heterocycles. The van der Waals surface area contributed by atoms with Crippen molar-refractivity contribution in [1.29, 1.82) is 0 Å². The zero-order valence-corrected chi connectivity index (χ0v) is 20.9. The third kappa shape index (κ3) is 5.68. The number of aromatic carboxylic acids is 1. The molecule has 5 rings (SSSR count). The van der Waals surface area contributed by atoms with Crippen LogP contribution in [0.3, 0.4) is 0 Å². The van der Waals surface area contributed by atoms with Crippen molar-refractivity contribution in [1.82, 2.24) is 5.32 Å². The van der Waals surface area contributed by atoms with Crippen LogP contribution < -0.4 is 10.3 Å². The summed E-state index contributed by atoms with van der Waals surface area (Å²) in [7, 11) is 0. The Balaban J connectivity index is 1.37. The van der Waals surface area contributed by atoms with Gasteiger partial charge < -0.3 is 14.8 Å². The maximum atomic E-state index is 13.8. The third-order valence-corrected chi connectivity index (χ3v) is 6.81. The lowest BCUT2D eigenvalue weighted by Gasteiger charge is -2.14. The van der Waals surface area contributed by atoms with Gasteiger partial charge in [0.25, 0.3) is 11.8 Å². The molecule has 0 radical (unpaired) electrons. The standard InChI is InChI=1S/C27H21ClF3N3O5/c28-21-8-6-15(11-19(21)24(35)32-13-14-4-5-14)22-9-7-18(39-22)12-20-23(27(29,30)31)33-34(25(20)36)17-3-1-2-16(10-17)26(37)38/h1-3,6-11,14,20H,4-5,12-13H2,(H,32,35)(H,37,38). The smallest absolute Gasteiger partial charge is 0.432 e. The fraction of sp³-hybridized carbons (Fsp3) is 0.259. The number of anilines is 1. The molecule has 1 saturated carbocycles. The van der Waals surface area contributed by atoms with Gasteiger partial charge in [-0.15, -0.1) is 0 Å².